The first-order chi connectivity index (χ1) is 12.0. The molecular weight excluding hydrogens is 316 g/mol. The van der Waals surface area contributed by atoms with Crippen LogP contribution >= 0.6 is 0 Å². The molecule has 0 aliphatic rings. The van der Waals surface area contributed by atoms with Crippen molar-refractivity contribution in [2.75, 3.05) is 11.9 Å². The van der Waals surface area contributed by atoms with Crippen molar-refractivity contribution in [3.05, 3.63) is 60.2 Å². The molecule has 0 bridgehead atoms. The predicted molar refractivity (Wildman–Crippen MR) is 98.4 cm³/mol. The lowest BCUT2D eigenvalue weighted by Gasteiger charge is -2.27. The van der Waals surface area contributed by atoms with Crippen LogP contribution in [0.3, 0.4) is 0 Å². The van der Waals surface area contributed by atoms with Crippen LogP contribution in [-0.2, 0) is 16.1 Å². The van der Waals surface area contributed by atoms with Crippen LogP contribution in [0.4, 0.5) is 5.69 Å². The average Bonchev–Trinajstić information content (AvgIpc) is 2.59. The average molecular weight is 340 g/mol. The van der Waals surface area contributed by atoms with Gasteiger partial charge in [-0.05, 0) is 43.7 Å². The molecule has 0 aliphatic heterocycles. The Kier molecular flexibility index (Phi) is 6.57. The molecule has 0 aromatic heterocycles. The quantitative estimate of drug-likeness (QED) is 0.840. The summed E-state index contributed by atoms with van der Waals surface area (Å²) < 4.78 is 5.59. The number of carbonyl (C=O) groups excluding carboxylic acids is 2. The standard InChI is InChI=1S/C20H24N2O3/c1-15(2)22(13-17-7-5-4-6-8-17)20(24)14-25-19-11-9-18(10-12-19)21-16(3)23/h4-12,15H,13-14H2,1-3H3,(H,21,23). The van der Waals surface area contributed by atoms with E-state index >= 15 is 0 Å². The fourth-order valence-corrected chi connectivity index (χ4v) is 2.40. The summed E-state index contributed by atoms with van der Waals surface area (Å²) in [5, 5.41) is 2.69. The van der Waals surface area contributed by atoms with Gasteiger partial charge >= 0.3 is 0 Å². The van der Waals surface area contributed by atoms with E-state index in [1.54, 1.807) is 29.2 Å². The van der Waals surface area contributed by atoms with Gasteiger partial charge in [0.15, 0.2) is 6.61 Å². The number of amides is 2. The Morgan fingerprint density at radius 2 is 1.68 bits per heavy atom. The maximum atomic E-state index is 12.5. The summed E-state index contributed by atoms with van der Waals surface area (Å²) in [4.78, 5) is 25.3. The number of rotatable bonds is 7. The second-order valence-corrected chi connectivity index (χ2v) is 6.10. The van der Waals surface area contributed by atoms with Crippen molar-refractivity contribution in [1.29, 1.82) is 0 Å². The van der Waals surface area contributed by atoms with Gasteiger partial charge in [0, 0.05) is 25.2 Å². The van der Waals surface area contributed by atoms with Crippen LogP contribution in [0.25, 0.3) is 0 Å². The van der Waals surface area contributed by atoms with Gasteiger partial charge in [-0.3, -0.25) is 9.59 Å². The fourth-order valence-electron chi connectivity index (χ4n) is 2.40. The molecule has 2 aromatic rings. The van der Waals surface area contributed by atoms with Gasteiger partial charge in [0.2, 0.25) is 5.91 Å². The normalized spacial score (nSPS) is 10.4. The van der Waals surface area contributed by atoms with Crippen LogP contribution in [0.2, 0.25) is 0 Å². The van der Waals surface area contributed by atoms with Gasteiger partial charge < -0.3 is 15.0 Å². The zero-order valence-corrected chi connectivity index (χ0v) is 14.9. The molecule has 132 valence electrons. The first-order valence-electron chi connectivity index (χ1n) is 8.29. The van der Waals surface area contributed by atoms with Crippen LogP contribution in [-0.4, -0.2) is 29.4 Å². The van der Waals surface area contributed by atoms with Gasteiger partial charge in [-0.15, -0.1) is 0 Å². The summed E-state index contributed by atoms with van der Waals surface area (Å²) in [6.45, 7) is 5.97. The number of ether oxygens (including phenoxy) is 1. The molecule has 0 heterocycles. The molecule has 2 rings (SSSR count). The Bertz CT molecular complexity index is 697. The molecule has 1 N–H and O–H groups in total. The summed E-state index contributed by atoms with van der Waals surface area (Å²) in [5.41, 5.74) is 1.78. The van der Waals surface area contributed by atoms with Crippen LogP contribution in [0.5, 0.6) is 5.75 Å². The van der Waals surface area contributed by atoms with E-state index in [1.165, 1.54) is 6.92 Å². The smallest absolute Gasteiger partial charge is 0.261 e. The molecule has 0 aliphatic carbocycles. The van der Waals surface area contributed by atoms with Gasteiger partial charge in [0.25, 0.3) is 5.91 Å². The van der Waals surface area contributed by atoms with E-state index in [0.29, 0.717) is 18.0 Å². The zero-order valence-electron chi connectivity index (χ0n) is 14.9. The third kappa shape index (κ3) is 5.95. The number of hydrogen-bond donors (Lipinski definition) is 1. The molecular formula is C20H24N2O3. The lowest BCUT2D eigenvalue weighted by atomic mass is 10.2. The monoisotopic (exact) mass is 340 g/mol. The van der Waals surface area contributed by atoms with Gasteiger partial charge in [-0.2, -0.15) is 0 Å². The highest BCUT2D eigenvalue weighted by molar-refractivity contribution is 5.88. The highest BCUT2D eigenvalue weighted by Gasteiger charge is 2.17. The molecule has 0 saturated carbocycles. The van der Waals surface area contributed by atoms with Crippen molar-refractivity contribution >= 4 is 17.5 Å². The minimum Gasteiger partial charge on any atom is -0.484 e. The van der Waals surface area contributed by atoms with E-state index in [9.17, 15) is 9.59 Å². The second kappa shape index (κ2) is 8.87. The Hall–Kier alpha value is -2.82. The van der Waals surface area contributed by atoms with Crippen molar-refractivity contribution in [2.24, 2.45) is 0 Å². The molecule has 5 heteroatoms. The third-order valence-corrected chi connectivity index (χ3v) is 3.68. The third-order valence-electron chi connectivity index (χ3n) is 3.68. The van der Waals surface area contributed by atoms with Crippen molar-refractivity contribution in [1.82, 2.24) is 4.90 Å². The summed E-state index contributed by atoms with van der Waals surface area (Å²) in [6.07, 6.45) is 0. The van der Waals surface area contributed by atoms with E-state index in [-0.39, 0.29) is 24.5 Å². The Morgan fingerprint density at radius 3 is 2.24 bits per heavy atom. The molecule has 25 heavy (non-hydrogen) atoms. The van der Waals surface area contributed by atoms with Crippen molar-refractivity contribution in [2.45, 2.75) is 33.4 Å². The summed E-state index contributed by atoms with van der Waals surface area (Å²) >= 11 is 0. The Morgan fingerprint density at radius 1 is 1.04 bits per heavy atom. The van der Waals surface area contributed by atoms with Gasteiger partial charge in [-0.1, -0.05) is 30.3 Å². The Labute approximate surface area is 148 Å². The molecule has 5 nitrogen and oxygen atoms in total. The predicted octanol–water partition coefficient (Wildman–Crippen LogP) is 3.46. The number of benzene rings is 2. The van der Waals surface area contributed by atoms with Crippen LogP contribution < -0.4 is 10.1 Å². The lowest BCUT2D eigenvalue weighted by molar-refractivity contribution is -0.135. The van der Waals surface area contributed by atoms with Crippen LogP contribution in [0.15, 0.2) is 54.6 Å². The first kappa shape index (κ1) is 18.5. The van der Waals surface area contributed by atoms with E-state index in [0.717, 1.165) is 5.56 Å². The van der Waals surface area contributed by atoms with Crippen LogP contribution in [0.1, 0.15) is 26.3 Å². The topological polar surface area (TPSA) is 58.6 Å². The minimum absolute atomic E-state index is 0.0233. The summed E-state index contributed by atoms with van der Waals surface area (Å²) in [6, 6.07) is 16.9. The van der Waals surface area contributed by atoms with Crippen molar-refractivity contribution in [3.8, 4) is 5.75 Å². The van der Waals surface area contributed by atoms with E-state index in [1.807, 2.05) is 44.2 Å². The minimum atomic E-state index is -0.127. The van der Waals surface area contributed by atoms with E-state index < -0.39 is 0 Å². The Balaban J connectivity index is 1.93. The maximum Gasteiger partial charge on any atom is 0.261 e. The SMILES string of the molecule is CC(=O)Nc1ccc(OCC(=O)N(Cc2ccccc2)C(C)C)cc1. The van der Waals surface area contributed by atoms with Gasteiger partial charge in [0.1, 0.15) is 5.75 Å². The highest BCUT2D eigenvalue weighted by Crippen LogP contribution is 2.16. The number of anilines is 1. The molecule has 0 saturated heterocycles. The van der Waals surface area contributed by atoms with E-state index in [2.05, 4.69) is 5.32 Å². The fraction of sp³-hybridized carbons (Fsp3) is 0.300. The number of nitrogens with zero attached hydrogens (tertiary/aromatic N) is 1. The first-order valence-corrected chi connectivity index (χ1v) is 8.29. The van der Waals surface area contributed by atoms with Crippen molar-refractivity contribution < 1.29 is 14.3 Å². The summed E-state index contributed by atoms with van der Waals surface area (Å²) in [5.74, 6) is 0.396. The molecule has 0 spiro atoms. The molecule has 0 fully saturated rings. The second-order valence-electron chi connectivity index (χ2n) is 6.10. The summed E-state index contributed by atoms with van der Waals surface area (Å²) in [7, 11) is 0. The van der Waals surface area contributed by atoms with Crippen molar-refractivity contribution in [3.63, 3.8) is 0 Å². The molecule has 0 atom stereocenters. The molecule has 2 amide bonds. The lowest BCUT2D eigenvalue weighted by Crippen LogP contribution is -2.39. The van der Waals surface area contributed by atoms with Crippen LogP contribution in [0, 0.1) is 0 Å². The molecule has 2 aromatic carbocycles. The van der Waals surface area contributed by atoms with Gasteiger partial charge in [-0.25, -0.2) is 0 Å². The zero-order chi connectivity index (χ0) is 18.2. The number of nitrogens with one attached hydrogen (secondary N) is 1. The molecule has 0 unspecified atom stereocenters. The molecule has 0 radical (unpaired) electrons. The maximum absolute atomic E-state index is 12.5. The number of carbonyl (C=O) groups is 2. The largest absolute Gasteiger partial charge is 0.484 e. The number of hydrogen-bond acceptors (Lipinski definition) is 3. The van der Waals surface area contributed by atoms with Gasteiger partial charge in [0.05, 0.1) is 0 Å². The highest BCUT2D eigenvalue weighted by atomic mass is 16.5. The van der Waals surface area contributed by atoms with E-state index in [4.69, 9.17) is 4.74 Å².